The number of methoxy groups -OCH3 is 2. The molecule has 24 nitrogen and oxygen atoms in total. The number of hydrogen-bond acceptors (Lipinski definition) is 18. The SMILES string of the molecule is COc1cccc2c1C(=O)c1c(O)c3c(c(O)c1C2=O)C[C@@H](C(=O)NCCN1CCC(NC(=O)CNC(=O)CNC(=O)CCN2C(=O)C=CC2O)C1=O)C[C@@H]3OC1C[C@H](N2CCO[C@H](OC)C2)[C@H](O)[C@H](C)O1. The summed E-state index contributed by atoms with van der Waals surface area (Å²) in [5, 5.41) is 55.3. The fraction of sp³-hybridized carbons (Fsp3) is 0.542. The van der Waals surface area contributed by atoms with E-state index in [2.05, 4.69) is 21.3 Å². The molecule has 0 saturated carbocycles. The first-order chi connectivity index (χ1) is 34.5. The van der Waals surface area contributed by atoms with Crippen LogP contribution in [0.2, 0.25) is 0 Å². The van der Waals surface area contributed by atoms with Crippen molar-refractivity contribution in [1.29, 1.82) is 0 Å². The van der Waals surface area contributed by atoms with Crippen molar-refractivity contribution in [3.05, 3.63) is 63.7 Å². The second-order valence-electron chi connectivity index (χ2n) is 18.4. The number of nitrogens with one attached hydrogen (secondary N) is 4. The van der Waals surface area contributed by atoms with Crippen LogP contribution in [0.15, 0.2) is 30.4 Å². The van der Waals surface area contributed by atoms with Crippen LogP contribution in [0.5, 0.6) is 17.2 Å². The third-order valence-corrected chi connectivity index (χ3v) is 14.0. The number of carbonyl (C=O) groups excluding carboxylic acids is 8. The number of amides is 6. The van der Waals surface area contributed by atoms with E-state index >= 15 is 0 Å². The number of carbonyl (C=O) groups is 8. The van der Waals surface area contributed by atoms with E-state index in [1.54, 1.807) is 6.92 Å². The third-order valence-electron chi connectivity index (χ3n) is 14.0. The van der Waals surface area contributed by atoms with E-state index in [0.29, 0.717) is 19.7 Å². The Morgan fingerprint density at radius 2 is 1.61 bits per heavy atom. The smallest absolute Gasteiger partial charge is 0.248 e. The van der Waals surface area contributed by atoms with E-state index in [9.17, 15) is 58.8 Å². The normalized spacial score (nSPS) is 27.0. The molecule has 6 amide bonds. The van der Waals surface area contributed by atoms with Crippen molar-refractivity contribution in [1.82, 2.24) is 36.0 Å². The number of phenolic OH excluding ortho intramolecular Hbond substituents is 2. The number of fused-ring (bicyclic) bond motifs is 3. The van der Waals surface area contributed by atoms with Crippen molar-refractivity contribution < 1.29 is 82.5 Å². The van der Waals surface area contributed by atoms with Gasteiger partial charge in [0.15, 0.2) is 18.4 Å². The Balaban J connectivity index is 0.902. The molecular formula is C48H59N7O17. The first kappa shape index (κ1) is 51.8. The molecule has 9 atom stereocenters. The second kappa shape index (κ2) is 22.1. The van der Waals surface area contributed by atoms with Crippen LogP contribution < -0.4 is 26.0 Å². The van der Waals surface area contributed by atoms with Crippen molar-refractivity contribution in [3.63, 3.8) is 0 Å². The Labute approximate surface area is 412 Å². The molecule has 2 aliphatic carbocycles. The van der Waals surface area contributed by atoms with Gasteiger partial charge in [0.25, 0.3) is 0 Å². The molecule has 3 fully saturated rings. The highest BCUT2D eigenvalue weighted by molar-refractivity contribution is 6.31. The summed E-state index contributed by atoms with van der Waals surface area (Å²) in [4.78, 5) is 109. The standard InChI is InChI=1S/C48H59N7O17/c1-23-42(61)28(54-15-16-70-37(22-54)69-3)19-36(71-23)72-30-18-24(17-26-39(30)46(65)41-40(44(26)63)43(62)25-5-4-6-29(68-2)38(25)45(41)64)47(66)49-11-14-53-12-9-27(48(53)67)52-33(58)21-51-32(57)20-50-31(56)10-13-55-34(59)7-8-35(55)60/h4-8,23-24,27-28,30,34,36-37,42,59,61,63,65H,9-22H2,1-3H3,(H,49,66)(H,50,56)(H,51,57)(H,52,58)/t23-,24+,27?,28-,30-,34?,36?,37-,42+/m0/s1. The summed E-state index contributed by atoms with van der Waals surface area (Å²) < 4.78 is 29.3. The molecule has 72 heavy (non-hydrogen) atoms. The van der Waals surface area contributed by atoms with Gasteiger partial charge >= 0.3 is 0 Å². The first-order valence-electron chi connectivity index (χ1n) is 23.8. The number of aliphatic hydroxyl groups excluding tert-OH is 2. The molecule has 3 unspecified atom stereocenters. The van der Waals surface area contributed by atoms with Crippen LogP contribution in [0.3, 0.4) is 0 Å². The van der Waals surface area contributed by atoms with Gasteiger partial charge in [0.1, 0.15) is 29.5 Å². The predicted molar refractivity (Wildman–Crippen MR) is 246 cm³/mol. The van der Waals surface area contributed by atoms with Crippen LogP contribution in [0.1, 0.15) is 81.7 Å². The number of phenols is 2. The topological polar surface area (TPSA) is 321 Å². The van der Waals surface area contributed by atoms with Crippen molar-refractivity contribution in [3.8, 4) is 17.2 Å². The highest BCUT2D eigenvalue weighted by Gasteiger charge is 2.47. The van der Waals surface area contributed by atoms with Gasteiger partial charge in [-0.15, -0.1) is 0 Å². The molecule has 4 heterocycles. The number of likely N-dealkylation sites (tertiary alicyclic amines) is 1. The average Bonchev–Trinajstić information content (AvgIpc) is 3.89. The highest BCUT2D eigenvalue weighted by atomic mass is 16.7. The number of nitrogens with zero attached hydrogens (tertiary/aromatic N) is 3. The van der Waals surface area contributed by atoms with Crippen LogP contribution >= 0.6 is 0 Å². The maximum atomic E-state index is 14.2. The van der Waals surface area contributed by atoms with Crippen LogP contribution in [-0.2, 0) is 54.1 Å². The molecule has 24 heteroatoms. The van der Waals surface area contributed by atoms with Crippen molar-refractivity contribution in [2.24, 2.45) is 5.92 Å². The maximum Gasteiger partial charge on any atom is 0.248 e. The lowest BCUT2D eigenvalue weighted by Crippen LogP contribution is -2.59. The molecule has 4 aliphatic heterocycles. The number of aliphatic hydroxyl groups is 2. The fourth-order valence-corrected chi connectivity index (χ4v) is 10.2. The molecule has 388 valence electrons. The quantitative estimate of drug-likeness (QED) is 0.0668. The Kier molecular flexibility index (Phi) is 15.9. The van der Waals surface area contributed by atoms with E-state index in [1.165, 1.54) is 49.5 Å². The molecule has 2 aromatic carbocycles. The second-order valence-corrected chi connectivity index (χ2v) is 18.4. The van der Waals surface area contributed by atoms with E-state index in [4.69, 9.17) is 23.7 Å². The van der Waals surface area contributed by atoms with E-state index < -0.39 is 138 Å². The monoisotopic (exact) mass is 1010 g/mol. The molecular weight excluding hydrogens is 947 g/mol. The molecule has 8 rings (SSSR count). The predicted octanol–water partition coefficient (Wildman–Crippen LogP) is -2.16. The minimum atomic E-state index is -1.19. The lowest BCUT2D eigenvalue weighted by Gasteiger charge is -2.46. The lowest BCUT2D eigenvalue weighted by molar-refractivity contribution is -0.264. The van der Waals surface area contributed by atoms with Gasteiger partial charge < -0.3 is 75.2 Å². The highest BCUT2D eigenvalue weighted by Crippen LogP contribution is 2.52. The average molecular weight is 1010 g/mol. The summed E-state index contributed by atoms with van der Waals surface area (Å²) in [6, 6.07) is 3.05. The Morgan fingerprint density at radius 3 is 2.35 bits per heavy atom. The van der Waals surface area contributed by atoms with Gasteiger partial charge in [-0.1, -0.05) is 12.1 Å². The summed E-state index contributed by atoms with van der Waals surface area (Å²) >= 11 is 0. The third kappa shape index (κ3) is 10.7. The summed E-state index contributed by atoms with van der Waals surface area (Å²) in [6.45, 7) is 2.16. The van der Waals surface area contributed by atoms with Crippen molar-refractivity contribution >= 4 is 47.0 Å². The van der Waals surface area contributed by atoms with Crippen LogP contribution in [0, 0.1) is 5.92 Å². The Morgan fingerprint density at radius 1 is 0.861 bits per heavy atom. The molecule has 6 aliphatic rings. The Hall–Kier alpha value is -6.54. The van der Waals surface area contributed by atoms with Gasteiger partial charge in [-0.25, -0.2) is 0 Å². The van der Waals surface area contributed by atoms with Gasteiger partial charge in [0.2, 0.25) is 41.2 Å². The summed E-state index contributed by atoms with van der Waals surface area (Å²) in [6.07, 6.45) is -3.10. The van der Waals surface area contributed by atoms with Gasteiger partial charge in [0.05, 0.1) is 61.8 Å². The number of rotatable bonds is 17. The maximum absolute atomic E-state index is 14.2. The van der Waals surface area contributed by atoms with Gasteiger partial charge in [0, 0.05) is 93.9 Å². The molecule has 0 bridgehead atoms. The Bertz CT molecular complexity index is 2540. The van der Waals surface area contributed by atoms with Crippen LogP contribution in [0.4, 0.5) is 0 Å². The molecule has 8 N–H and O–H groups in total. The minimum Gasteiger partial charge on any atom is -0.507 e. The van der Waals surface area contributed by atoms with E-state index in [-0.39, 0.29) is 86.3 Å². The molecule has 0 aromatic heterocycles. The molecule has 0 spiro atoms. The number of ketones is 2. The van der Waals surface area contributed by atoms with E-state index in [0.717, 1.165) is 4.90 Å². The minimum absolute atomic E-state index is 0.00454. The summed E-state index contributed by atoms with van der Waals surface area (Å²) in [7, 11) is 2.86. The van der Waals surface area contributed by atoms with E-state index in [1.807, 2.05) is 4.90 Å². The van der Waals surface area contributed by atoms with Crippen molar-refractivity contribution in [2.45, 2.75) is 88.2 Å². The number of benzene rings is 2. The molecule has 0 radical (unpaired) electrons. The lowest BCUT2D eigenvalue weighted by atomic mass is 9.74. The first-order valence-corrected chi connectivity index (χ1v) is 23.8. The summed E-state index contributed by atoms with van der Waals surface area (Å²) in [5.74, 6) is -6.78. The number of morpholine rings is 1. The van der Waals surface area contributed by atoms with Crippen LogP contribution in [-0.4, -0.2) is 198 Å². The zero-order chi connectivity index (χ0) is 51.5. The van der Waals surface area contributed by atoms with Crippen molar-refractivity contribution in [2.75, 3.05) is 73.2 Å². The van der Waals surface area contributed by atoms with Gasteiger partial charge in [-0.05, 0) is 38.3 Å². The number of ether oxygens (including phenoxy) is 5. The molecule has 3 saturated heterocycles. The zero-order valence-corrected chi connectivity index (χ0v) is 39.9. The van der Waals surface area contributed by atoms with Gasteiger partial charge in [-0.3, -0.25) is 43.3 Å². The van der Waals surface area contributed by atoms with Gasteiger partial charge in [-0.2, -0.15) is 0 Å². The van der Waals surface area contributed by atoms with Crippen LogP contribution in [0.25, 0.3) is 0 Å². The number of aromatic hydroxyl groups is 2. The summed E-state index contributed by atoms with van der Waals surface area (Å²) in [5.41, 5.74) is -0.956. The largest absolute Gasteiger partial charge is 0.507 e. The number of hydrogen-bond donors (Lipinski definition) is 8. The molecule has 2 aromatic rings. The fourth-order valence-electron chi connectivity index (χ4n) is 10.2. The zero-order valence-electron chi connectivity index (χ0n) is 39.9.